The zero-order valence-electron chi connectivity index (χ0n) is 86.0. The standard InChI is InChI=1S/C23H41N2.3C22H41N2Si.2C2H6N.8CH3.2ClH.3Ti.Zr/c1-15-11-12-19-18(13-15)21-17-10-8-7-9-16(17)14-20(21)25(19)23(5,6)24-22(2,3)4;2*1-15-11-12-20-18(13-15)19-14-16-9-7-8-10-17(16)21(19)24(20)25(5,6)23-22(2,3)4;1-15-11-12-19-18(13-15)21-17-10-8-7-9-16(17)14-20(21)24(19)25(5,6)23-22(2,3)4;2*1-3-2;;;;;;;;;;;;;;/h4*15-21H,7-14H2,1-6H3;2*1-2H3;8*1H3;2*1H;;;;/q14*-1;;;4*+4/p-2. The average Bonchev–Trinajstić information content (AvgIpc) is 1.58. The summed E-state index contributed by atoms with van der Waals surface area (Å²) in [6.07, 6.45) is 47.7. The van der Waals surface area contributed by atoms with Crippen molar-refractivity contribution in [2.75, 3.05) is 28.2 Å². The summed E-state index contributed by atoms with van der Waals surface area (Å²) >= 11 is -0.826. The minimum atomic E-state index is -1.74. The summed E-state index contributed by atoms with van der Waals surface area (Å²) in [5, 5.41) is 12.3. The van der Waals surface area contributed by atoms with Gasteiger partial charge in [0.1, 0.15) is 0 Å². The van der Waals surface area contributed by atoms with E-state index in [4.69, 9.17) is 37.3 Å². The third kappa shape index (κ3) is 29.9. The average molecular weight is 1940 g/mol. The largest absolute Gasteiger partial charge is 4.00 e. The maximum absolute atomic E-state index is 5.50. The van der Waals surface area contributed by atoms with E-state index in [2.05, 4.69) is 193 Å². The predicted octanol–water partition coefficient (Wildman–Crippen LogP) is 30.9. The first kappa shape index (κ1) is 126. The molecule has 0 aromatic heterocycles. The molecule has 0 aromatic carbocycles. The molecule has 0 spiro atoms. The molecule has 4 saturated heterocycles. The van der Waals surface area contributed by atoms with Crippen molar-refractivity contribution < 1.29 is 86.0 Å². The molecule has 0 aromatic rings. The summed E-state index contributed by atoms with van der Waals surface area (Å²) in [5.41, 5.74) is 0.349. The zero-order chi connectivity index (χ0) is 80.1. The van der Waals surface area contributed by atoms with Crippen molar-refractivity contribution >= 4 is 42.2 Å². The quantitative estimate of drug-likeness (QED) is 0.179. The van der Waals surface area contributed by atoms with Crippen molar-refractivity contribution in [1.29, 1.82) is 0 Å². The van der Waals surface area contributed by atoms with Crippen molar-refractivity contribution in [1.82, 2.24) is 18.6 Å². The molecule has 4 heterocycles. The van der Waals surface area contributed by atoms with E-state index >= 15 is 0 Å². The molecule has 28 atom stereocenters. The van der Waals surface area contributed by atoms with E-state index in [0.29, 0.717) is 0 Å². The van der Waals surface area contributed by atoms with Crippen molar-refractivity contribution in [2.24, 2.45) is 118 Å². The molecule has 12 saturated carbocycles. The topological polar surface area (TPSA) is 97.6 Å². The summed E-state index contributed by atoms with van der Waals surface area (Å²) in [6, 6.07) is 6.85. The van der Waals surface area contributed by atoms with E-state index in [1.807, 2.05) is 0 Å². The summed E-state index contributed by atoms with van der Waals surface area (Å²) < 4.78 is 9.34. The number of halogens is 2. The van der Waals surface area contributed by atoms with Crippen LogP contribution in [0.25, 0.3) is 30.9 Å². The number of hydrogen-bond acceptors (Lipinski definition) is 4. The molecule has 16 fully saturated rings. The molecule has 0 bridgehead atoms. The molecule has 0 radical (unpaired) electrons. The van der Waals surface area contributed by atoms with Crippen LogP contribution in [0.4, 0.5) is 0 Å². The molecular formula is C101H200Cl2N10Si3Ti3Zr. The Kier molecular flexibility index (Phi) is 54.8. The van der Waals surface area contributed by atoms with Gasteiger partial charge in [-0.25, -0.2) is 0 Å². The molecule has 0 amide bonds. The summed E-state index contributed by atoms with van der Waals surface area (Å²) in [7, 11) is 11.7. The predicted molar refractivity (Wildman–Crippen MR) is 530 cm³/mol. The smallest absolute Gasteiger partial charge is 4.00 e. The van der Waals surface area contributed by atoms with E-state index in [0.717, 1.165) is 167 Å². The van der Waals surface area contributed by atoms with Crippen LogP contribution in [-0.4, -0.2) is 148 Å². The molecule has 696 valence electrons. The van der Waals surface area contributed by atoms with Gasteiger partial charge in [0.2, 0.25) is 0 Å². The van der Waals surface area contributed by atoms with Crippen molar-refractivity contribution in [2.45, 2.75) is 446 Å². The normalized spacial score (nSPS) is 38.0. The third-order valence-electron chi connectivity index (χ3n) is 32.1. The van der Waals surface area contributed by atoms with Crippen LogP contribution in [0.15, 0.2) is 0 Å². The Morgan fingerprint density at radius 3 is 0.850 bits per heavy atom. The summed E-state index contributed by atoms with van der Waals surface area (Å²) in [6.45, 7) is 57.9. The van der Waals surface area contributed by atoms with Crippen LogP contribution >= 0.6 is 17.0 Å². The van der Waals surface area contributed by atoms with E-state index in [9.17, 15) is 0 Å². The summed E-state index contributed by atoms with van der Waals surface area (Å²) in [5.74, 6) is 20.0. The van der Waals surface area contributed by atoms with Crippen LogP contribution in [0.2, 0.25) is 39.3 Å². The fourth-order valence-corrected chi connectivity index (χ4v) is 43.0. The van der Waals surface area contributed by atoms with Crippen LogP contribution < -0.4 is 0 Å². The Morgan fingerprint density at radius 1 is 0.283 bits per heavy atom. The van der Waals surface area contributed by atoms with Gasteiger partial charge in [-0.3, -0.25) is 0 Å². The first-order valence-electron chi connectivity index (χ1n) is 47.0. The second-order valence-electron chi connectivity index (χ2n) is 46.7. The Balaban J connectivity index is 0. The van der Waals surface area contributed by atoms with Gasteiger partial charge >= 0.3 is 103 Å². The van der Waals surface area contributed by atoms with Crippen LogP contribution in [0, 0.1) is 178 Å². The second-order valence-corrected chi connectivity index (χ2v) is 61.6. The first-order chi connectivity index (χ1) is 50.9. The minimum Gasteiger partial charge on any atom is 4.00 e. The molecule has 19 heteroatoms. The Hall–Kier alpha value is 3.86. The van der Waals surface area contributed by atoms with Gasteiger partial charge in [-0.2, -0.15) is 28.2 Å². The minimum absolute atomic E-state index is 0. The fraction of sp³-hybridized carbons (Fsp3) is 0.921. The van der Waals surface area contributed by atoms with Gasteiger partial charge in [-0.15, -0.1) is 22.2 Å². The van der Waals surface area contributed by atoms with Crippen molar-refractivity contribution in [3.8, 4) is 0 Å². The van der Waals surface area contributed by atoms with Crippen LogP contribution in [0.1, 0.15) is 330 Å². The Bertz CT molecular complexity index is 2620. The second kappa shape index (κ2) is 52.2. The van der Waals surface area contributed by atoms with Gasteiger partial charge in [0.15, 0.2) is 0 Å². The fourth-order valence-electron chi connectivity index (χ4n) is 31.0. The monoisotopic (exact) mass is 1940 g/mol. The molecular weight excluding hydrogens is 1740 g/mol. The van der Waals surface area contributed by atoms with Crippen molar-refractivity contribution in [3.05, 3.63) is 90.3 Å². The maximum atomic E-state index is 5.50. The molecule has 16 rings (SSSR count). The molecule has 12 aliphatic carbocycles. The number of hydrogen-bond donors (Lipinski definition) is 0. The van der Waals surface area contributed by atoms with Crippen LogP contribution in [-0.2, 0) is 86.0 Å². The van der Waals surface area contributed by atoms with Crippen LogP contribution in [0.5, 0.6) is 0 Å². The third-order valence-corrected chi connectivity index (χ3v) is 41.4. The molecule has 28 unspecified atom stereocenters. The molecule has 10 nitrogen and oxygen atoms in total. The molecule has 0 N–H and O–H groups in total. The molecule has 4 aliphatic heterocycles. The van der Waals surface area contributed by atoms with Gasteiger partial charge in [-0.1, -0.05) is 247 Å². The first-order valence-corrected chi connectivity index (χ1v) is 62.0. The number of nitrogens with zero attached hydrogens (tertiary/aromatic N) is 10. The zero-order valence-corrected chi connectivity index (χ0v) is 97.7. The Morgan fingerprint density at radius 2 is 0.533 bits per heavy atom. The molecule has 120 heavy (non-hydrogen) atoms. The van der Waals surface area contributed by atoms with Gasteiger partial charge in [-0.05, 0) is 247 Å². The Labute approximate surface area is 821 Å². The van der Waals surface area contributed by atoms with E-state index < -0.39 is 46.0 Å². The number of likely N-dealkylation sites (tertiary alicyclic amines) is 1. The summed E-state index contributed by atoms with van der Waals surface area (Å²) in [4.78, 5) is 19.4. The van der Waals surface area contributed by atoms with Gasteiger partial charge < -0.3 is 109 Å². The van der Waals surface area contributed by atoms with E-state index in [-0.39, 0.29) is 152 Å². The SMILES string of the molecule is CC1CCC2C(C1)C1C3CCCCC3CC1N2C(C)(C)[N-]C(C)(C)C.CC1CCC2C(C1)C1C3CCCCC3CC1N2[Si](C)(C)[N-]C(C)(C)C.CC1CCC2C(C1)C1CC3CCCCC3C1N2[Si](C)(C)[N-]C(C)(C)C.CC1CCC2C(C1)C1CC3CCCCC3C1N2[Si](C)(C)[N-]C(C)(C)C.C[N-]C.C[N-]C.[CH3-].[CH3-].[CH3-].[CH3-].[CH3-].[CH3-].[CH3-].[CH3-].[Cl][Zr+2][Cl].[Ti+4].[Ti+4].[Ti+4]. The van der Waals surface area contributed by atoms with Crippen molar-refractivity contribution in [3.63, 3.8) is 0 Å². The van der Waals surface area contributed by atoms with Gasteiger partial charge in [0.25, 0.3) is 0 Å². The van der Waals surface area contributed by atoms with Gasteiger partial charge in [0.05, 0.1) is 0 Å². The maximum Gasteiger partial charge on any atom is 4.00 e. The molecule has 16 aliphatic rings. The number of rotatable bonds is 8. The number of fused-ring (bicyclic) bond motifs is 20. The van der Waals surface area contributed by atoms with E-state index in [1.165, 1.54) is 193 Å². The van der Waals surface area contributed by atoms with Gasteiger partial charge in [0, 0.05) is 73.5 Å². The van der Waals surface area contributed by atoms with E-state index in [1.54, 1.807) is 41.0 Å². The van der Waals surface area contributed by atoms with Crippen LogP contribution in [0.3, 0.4) is 0 Å².